The fourth-order valence-electron chi connectivity index (χ4n) is 2.75. The van der Waals surface area contributed by atoms with Gasteiger partial charge in [0, 0.05) is 0 Å². The lowest BCUT2D eigenvalue weighted by atomic mass is 10.1. The van der Waals surface area contributed by atoms with Gasteiger partial charge in [-0.2, -0.15) is 0 Å². The van der Waals surface area contributed by atoms with Gasteiger partial charge in [0.1, 0.15) is 0 Å². The van der Waals surface area contributed by atoms with Gasteiger partial charge < -0.3 is 14.7 Å². The Bertz CT molecular complexity index is 810. The molecule has 0 aromatic heterocycles. The van der Waals surface area contributed by atoms with Gasteiger partial charge in [-0.05, 0) is 80.1 Å². The average molecular weight is 526 g/mol. The molecule has 2 atom stereocenters. The molecule has 8 nitrogen and oxygen atoms in total. The van der Waals surface area contributed by atoms with Crippen molar-refractivity contribution in [1.82, 2.24) is 0 Å². The van der Waals surface area contributed by atoms with Crippen LogP contribution < -0.4 is 0 Å². The van der Waals surface area contributed by atoms with E-state index in [9.17, 15) is 28.4 Å². The van der Waals surface area contributed by atoms with Gasteiger partial charge in [-0.1, -0.05) is 46.6 Å². The number of phosphoric acid groups is 1. The summed E-state index contributed by atoms with van der Waals surface area (Å²) in [5.74, 6) is 0. The van der Waals surface area contributed by atoms with Crippen molar-refractivity contribution in [2.45, 2.75) is 80.1 Å². The molecule has 0 aliphatic rings. The highest BCUT2D eigenvalue weighted by Gasteiger charge is 2.39. The lowest BCUT2D eigenvalue weighted by Gasteiger charge is -2.18. The fourth-order valence-corrected chi connectivity index (χ4v) is 7.28. The molecule has 11 heteroatoms. The van der Waals surface area contributed by atoms with Gasteiger partial charge in [-0.3, -0.25) is 9.13 Å². The van der Waals surface area contributed by atoms with E-state index in [-0.39, 0.29) is 12.8 Å². The van der Waals surface area contributed by atoms with Crippen molar-refractivity contribution in [1.29, 1.82) is 0 Å². The van der Waals surface area contributed by atoms with Crippen LogP contribution in [0.5, 0.6) is 0 Å². The normalized spacial score (nSPS) is 18.1. The predicted octanol–water partition coefficient (Wildman–Crippen LogP) is 7.66. The topological polar surface area (TPSA) is 130 Å². The maximum Gasteiger partial charge on any atom is 0.486 e. The molecule has 0 aliphatic carbocycles. The van der Waals surface area contributed by atoms with Crippen molar-refractivity contribution in [3.63, 3.8) is 0 Å². The molecule has 0 bridgehead atoms. The molecule has 3 N–H and O–H groups in total. The van der Waals surface area contributed by atoms with Crippen LogP contribution in [-0.2, 0) is 22.3 Å². The molecule has 0 fully saturated rings. The van der Waals surface area contributed by atoms with Crippen LogP contribution in [0.4, 0.5) is 0 Å². The molecular weight excluding hydrogens is 485 g/mol. The van der Waals surface area contributed by atoms with Gasteiger partial charge in [0.25, 0.3) is 0 Å². The van der Waals surface area contributed by atoms with Crippen LogP contribution in [0.1, 0.15) is 80.1 Å². The number of rotatable bonds is 16. The zero-order valence-corrected chi connectivity index (χ0v) is 23.4. The first-order valence-corrected chi connectivity index (χ1v) is 16.0. The Hall–Kier alpha value is -0.550. The molecule has 0 spiro atoms. The smallest absolute Gasteiger partial charge is 0.324 e. The van der Waals surface area contributed by atoms with Gasteiger partial charge >= 0.3 is 23.0 Å². The first kappa shape index (κ1) is 32.5. The van der Waals surface area contributed by atoms with E-state index < -0.39 is 35.3 Å². The molecule has 0 aromatic rings. The molecule has 0 rings (SSSR count). The summed E-state index contributed by atoms with van der Waals surface area (Å²) in [6, 6.07) is 0. The maximum absolute atomic E-state index is 12.1. The Labute approximate surface area is 199 Å². The second kappa shape index (κ2) is 15.4. The highest BCUT2D eigenvalue weighted by atomic mass is 31.3. The molecule has 2 unspecified atom stereocenters. The Morgan fingerprint density at radius 2 is 0.939 bits per heavy atom. The van der Waals surface area contributed by atoms with E-state index in [0.717, 1.165) is 36.8 Å². The van der Waals surface area contributed by atoms with E-state index in [4.69, 9.17) is 0 Å². The Morgan fingerprint density at radius 3 is 1.24 bits per heavy atom. The molecule has 0 amide bonds. The second-order valence-corrected chi connectivity index (χ2v) is 14.4. The third-order valence-corrected chi connectivity index (χ3v) is 9.79. The minimum Gasteiger partial charge on any atom is -0.324 e. The van der Waals surface area contributed by atoms with Crippen molar-refractivity contribution in [2.24, 2.45) is 0 Å². The molecule has 0 radical (unpaired) electrons. The minimum absolute atomic E-state index is 0.155. The summed E-state index contributed by atoms with van der Waals surface area (Å²) in [7, 11) is -14.2. The molecular formula is C22H41O8P3. The Kier molecular flexibility index (Phi) is 15.2. The SMILES string of the molecule is CC(C)=CCCC(C)=CCCP(=O)(O)OP(=O)(O)OP(=O)(O)CCC=C(C)CCC=C(C)C. The van der Waals surface area contributed by atoms with Gasteiger partial charge in [0.05, 0.1) is 12.3 Å². The molecule has 0 saturated heterocycles. The van der Waals surface area contributed by atoms with Crippen LogP contribution in [0.25, 0.3) is 0 Å². The number of hydrogen-bond acceptors (Lipinski definition) is 5. The summed E-state index contributed by atoms with van der Waals surface area (Å²) < 4.78 is 45.1. The lowest BCUT2D eigenvalue weighted by molar-refractivity contribution is 0.255. The zero-order chi connectivity index (χ0) is 25.7. The van der Waals surface area contributed by atoms with E-state index in [1.165, 1.54) is 11.1 Å². The summed E-state index contributed by atoms with van der Waals surface area (Å²) in [4.78, 5) is 29.5. The monoisotopic (exact) mass is 526 g/mol. The van der Waals surface area contributed by atoms with Crippen molar-refractivity contribution in [3.05, 3.63) is 46.6 Å². The van der Waals surface area contributed by atoms with Crippen LogP contribution in [0.2, 0.25) is 0 Å². The summed E-state index contributed by atoms with van der Waals surface area (Å²) >= 11 is 0. The third-order valence-electron chi connectivity index (χ3n) is 4.45. The summed E-state index contributed by atoms with van der Waals surface area (Å²) in [6.45, 7) is 11.8. The van der Waals surface area contributed by atoms with Crippen LogP contribution >= 0.6 is 23.0 Å². The minimum atomic E-state index is -5.20. The quantitative estimate of drug-likeness (QED) is 0.138. The zero-order valence-electron chi connectivity index (χ0n) is 20.7. The van der Waals surface area contributed by atoms with Crippen LogP contribution in [0, 0.1) is 0 Å². The summed E-state index contributed by atoms with van der Waals surface area (Å²) in [5.41, 5.74) is 4.45. The summed E-state index contributed by atoms with van der Waals surface area (Å²) in [5, 5.41) is 0. The van der Waals surface area contributed by atoms with Gasteiger partial charge in [-0.25, -0.2) is 13.2 Å². The van der Waals surface area contributed by atoms with Gasteiger partial charge in [0.2, 0.25) is 0 Å². The van der Waals surface area contributed by atoms with Crippen LogP contribution in [0.3, 0.4) is 0 Å². The number of allylic oxidation sites excluding steroid dienone is 8. The van der Waals surface area contributed by atoms with E-state index in [1.807, 2.05) is 41.5 Å². The highest BCUT2D eigenvalue weighted by molar-refractivity contribution is 7.69. The van der Waals surface area contributed by atoms with Crippen molar-refractivity contribution < 1.29 is 37.0 Å². The molecule has 192 valence electrons. The first-order valence-electron chi connectivity index (χ1n) is 11.0. The van der Waals surface area contributed by atoms with Crippen LogP contribution in [-0.4, -0.2) is 27.0 Å². The largest absolute Gasteiger partial charge is 0.486 e. The standard InChI is InChI=1S/C22H41O8P3/c1-19(2)11-7-13-21(5)15-9-17-31(23,24)29-33(27,28)30-32(25,26)18-10-16-22(6)14-8-12-20(3)4/h11-12,15-16H,7-10,13-14,17-18H2,1-6H3,(H,23,24)(H,25,26)(H,27,28). The number of hydrogen-bond donors (Lipinski definition) is 3. The van der Waals surface area contributed by atoms with Gasteiger partial charge in [-0.15, -0.1) is 0 Å². The van der Waals surface area contributed by atoms with E-state index in [2.05, 4.69) is 20.8 Å². The molecule has 33 heavy (non-hydrogen) atoms. The van der Waals surface area contributed by atoms with Crippen molar-refractivity contribution >= 4 is 23.0 Å². The van der Waals surface area contributed by atoms with Crippen LogP contribution in [0.15, 0.2) is 46.6 Å². The maximum atomic E-state index is 12.1. The Morgan fingerprint density at radius 1 is 0.606 bits per heavy atom. The van der Waals surface area contributed by atoms with E-state index in [1.54, 1.807) is 12.2 Å². The highest BCUT2D eigenvalue weighted by Crippen LogP contribution is 2.67. The summed E-state index contributed by atoms with van der Waals surface area (Å²) in [6.07, 6.45) is 10.5. The van der Waals surface area contributed by atoms with Crippen molar-refractivity contribution in [3.8, 4) is 0 Å². The molecule has 0 aliphatic heterocycles. The molecule has 0 aromatic carbocycles. The third kappa shape index (κ3) is 19.4. The van der Waals surface area contributed by atoms with Crippen molar-refractivity contribution in [2.75, 3.05) is 12.3 Å². The van der Waals surface area contributed by atoms with E-state index >= 15 is 0 Å². The first-order chi connectivity index (χ1) is 15.0. The van der Waals surface area contributed by atoms with Gasteiger partial charge in [0.15, 0.2) is 0 Å². The Balaban J connectivity index is 4.67. The lowest BCUT2D eigenvalue weighted by Crippen LogP contribution is -1.98. The van der Waals surface area contributed by atoms with E-state index in [0.29, 0.717) is 0 Å². The molecule has 0 saturated carbocycles. The fraction of sp³-hybridized carbons (Fsp3) is 0.636. The molecule has 0 heterocycles. The predicted molar refractivity (Wildman–Crippen MR) is 135 cm³/mol. The second-order valence-electron chi connectivity index (χ2n) is 8.67. The average Bonchev–Trinajstić information content (AvgIpc) is 2.58.